The molecule has 7 heteroatoms. The molecular weight excluding hydrogens is 325 g/mol. The Morgan fingerprint density at radius 3 is 2.96 bits per heavy atom. The average Bonchev–Trinajstić information content (AvgIpc) is 3.18. The molecule has 1 aromatic heterocycles. The number of rotatable bonds is 6. The van der Waals surface area contributed by atoms with Crippen LogP contribution in [-0.4, -0.2) is 41.5 Å². The lowest BCUT2D eigenvalue weighted by Gasteiger charge is -2.23. The average molecular weight is 347 g/mol. The van der Waals surface area contributed by atoms with E-state index in [0.29, 0.717) is 26.1 Å². The number of halogens is 1. The van der Waals surface area contributed by atoms with Crippen molar-refractivity contribution in [2.24, 2.45) is 0 Å². The van der Waals surface area contributed by atoms with Crippen LogP contribution in [0.2, 0.25) is 0 Å². The number of carbonyl (C=O) groups is 1. The highest BCUT2D eigenvalue weighted by atomic mass is 19.1. The van der Waals surface area contributed by atoms with Crippen LogP contribution in [0.4, 0.5) is 9.18 Å². The molecule has 3 rings (SSSR count). The maximum atomic E-state index is 13.8. The van der Waals surface area contributed by atoms with Gasteiger partial charge in [0.1, 0.15) is 18.5 Å². The van der Waals surface area contributed by atoms with E-state index in [-0.39, 0.29) is 12.6 Å². The molecule has 2 atom stereocenters. The zero-order chi connectivity index (χ0) is 17.6. The topological polar surface area (TPSA) is 67.6 Å². The van der Waals surface area contributed by atoms with Gasteiger partial charge in [-0.15, -0.1) is 0 Å². The fourth-order valence-electron chi connectivity index (χ4n) is 2.99. The summed E-state index contributed by atoms with van der Waals surface area (Å²) in [6.07, 6.45) is 0.655. The highest BCUT2D eigenvalue weighted by Crippen LogP contribution is 2.23. The first-order chi connectivity index (χ1) is 12.1. The molecule has 0 spiro atoms. The Bertz CT molecular complexity index is 692. The summed E-state index contributed by atoms with van der Waals surface area (Å²) >= 11 is 0. The predicted octanol–water partition coefficient (Wildman–Crippen LogP) is 2.82. The molecule has 0 radical (unpaired) electrons. The van der Waals surface area contributed by atoms with Crippen molar-refractivity contribution in [1.29, 1.82) is 0 Å². The number of hydrogen-bond donors (Lipinski definition) is 1. The summed E-state index contributed by atoms with van der Waals surface area (Å²) in [6.45, 7) is 3.29. The van der Waals surface area contributed by atoms with Gasteiger partial charge in [-0.2, -0.15) is 0 Å². The van der Waals surface area contributed by atoms with Crippen molar-refractivity contribution in [3.05, 3.63) is 53.4 Å². The molecule has 6 nitrogen and oxygen atoms in total. The predicted molar refractivity (Wildman–Crippen MR) is 89.6 cm³/mol. The van der Waals surface area contributed by atoms with Crippen molar-refractivity contribution < 1.29 is 18.4 Å². The number of aromatic nitrogens is 1. The number of likely N-dealkylation sites (tertiary alicyclic amines) is 1. The largest absolute Gasteiger partial charge is 0.445 e. The molecular formula is C18H22FN3O3. The number of aryl methyl sites for hydroxylation is 1. The van der Waals surface area contributed by atoms with E-state index in [2.05, 4.69) is 10.5 Å². The summed E-state index contributed by atoms with van der Waals surface area (Å²) in [5, 5.41) is 6.48. The minimum absolute atomic E-state index is 0.0754. The van der Waals surface area contributed by atoms with Crippen molar-refractivity contribution in [1.82, 2.24) is 15.4 Å². The van der Waals surface area contributed by atoms with Crippen molar-refractivity contribution in [2.45, 2.75) is 38.7 Å². The number of alkyl carbamates (subject to hydrolysis) is 1. The first-order valence-electron chi connectivity index (χ1n) is 8.34. The van der Waals surface area contributed by atoms with Gasteiger partial charge in [0, 0.05) is 31.2 Å². The van der Waals surface area contributed by atoms with Gasteiger partial charge in [-0.05, 0) is 18.9 Å². The number of benzene rings is 1. The second-order valence-corrected chi connectivity index (χ2v) is 6.27. The maximum Gasteiger partial charge on any atom is 0.407 e. The molecule has 1 amide bonds. The van der Waals surface area contributed by atoms with Crippen LogP contribution >= 0.6 is 0 Å². The summed E-state index contributed by atoms with van der Waals surface area (Å²) in [4.78, 5) is 13.9. The highest BCUT2D eigenvalue weighted by Gasteiger charge is 2.32. The molecule has 1 aliphatic heterocycles. The standard InChI is InChI=1S/C18H22FN3O3/c1-13-15(8-21-25-13)10-22-11-16(19)7-17(22)9-20-18(23)24-12-14-5-3-2-4-6-14/h2-6,8,16-17H,7,9-12H2,1H3,(H,20,23)/t16-,17-/m0/s1. The van der Waals surface area contributed by atoms with Crippen LogP contribution in [0.1, 0.15) is 23.3 Å². The quantitative estimate of drug-likeness (QED) is 0.870. The van der Waals surface area contributed by atoms with Gasteiger partial charge in [0.2, 0.25) is 0 Å². The maximum absolute atomic E-state index is 13.8. The third-order valence-electron chi connectivity index (χ3n) is 4.40. The van der Waals surface area contributed by atoms with E-state index in [9.17, 15) is 9.18 Å². The number of amides is 1. The lowest BCUT2D eigenvalue weighted by Crippen LogP contribution is -2.40. The molecule has 0 aliphatic carbocycles. The Morgan fingerprint density at radius 2 is 2.24 bits per heavy atom. The van der Waals surface area contributed by atoms with Crippen molar-refractivity contribution >= 4 is 6.09 Å². The van der Waals surface area contributed by atoms with Crippen LogP contribution in [0.3, 0.4) is 0 Å². The minimum atomic E-state index is -0.896. The van der Waals surface area contributed by atoms with Gasteiger partial charge < -0.3 is 14.6 Å². The Labute approximate surface area is 145 Å². The lowest BCUT2D eigenvalue weighted by molar-refractivity contribution is 0.135. The lowest BCUT2D eigenvalue weighted by atomic mass is 10.2. The fraction of sp³-hybridized carbons (Fsp3) is 0.444. The third-order valence-corrected chi connectivity index (χ3v) is 4.40. The van der Waals surface area contributed by atoms with E-state index in [1.165, 1.54) is 0 Å². The summed E-state index contributed by atoms with van der Waals surface area (Å²) in [6, 6.07) is 9.39. The molecule has 2 aromatic rings. The Hall–Kier alpha value is -2.41. The SMILES string of the molecule is Cc1oncc1CN1C[C@@H](F)C[C@H]1CNC(=O)OCc1ccccc1. The molecule has 0 bridgehead atoms. The Kier molecular flexibility index (Phi) is 5.65. The molecule has 1 aromatic carbocycles. The summed E-state index contributed by atoms with van der Waals surface area (Å²) in [5.41, 5.74) is 1.86. The number of nitrogens with zero attached hydrogens (tertiary/aromatic N) is 2. The number of carbonyl (C=O) groups excluding carboxylic acids is 1. The van der Waals surface area contributed by atoms with Crippen LogP contribution in [0.15, 0.2) is 41.1 Å². The van der Waals surface area contributed by atoms with Crippen LogP contribution in [0.5, 0.6) is 0 Å². The molecule has 25 heavy (non-hydrogen) atoms. The molecule has 2 heterocycles. The van der Waals surface area contributed by atoms with Crippen molar-refractivity contribution in [3.63, 3.8) is 0 Å². The van der Waals surface area contributed by atoms with Crippen LogP contribution in [0.25, 0.3) is 0 Å². The van der Waals surface area contributed by atoms with Crippen LogP contribution < -0.4 is 5.32 Å². The van der Waals surface area contributed by atoms with E-state index in [4.69, 9.17) is 9.26 Å². The van der Waals surface area contributed by atoms with Crippen LogP contribution in [0, 0.1) is 6.92 Å². The monoisotopic (exact) mass is 347 g/mol. The normalized spacial score (nSPS) is 20.6. The fourth-order valence-corrected chi connectivity index (χ4v) is 2.99. The van der Waals surface area contributed by atoms with E-state index >= 15 is 0 Å². The van der Waals surface area contributed by atoms with Gasteiger partial charge in [0.25, 0.3) is 0 Å². The van der Waals surface area contributed by atoms with Crippen molar-refractivity contribution in [2.75, 3.05) is 13.1 Å². The van der Waals surface area contributed by atoms with Gasteiger partial charge in [-0.3, -0.25) is 4.90 Å². The van der Waals surface area contributed by atoms with Gasteiger partial charge >= 0.3 is 6.09 Å². The molecule has 1 fully saturated rings. The van der Waals surface area contributed by atoms with E-state index < -0.39 is 12.3 Å². The van der Waals surface area contributed by atoms with Crippen molar-refractivity contribution in [3.8, 4) is 0 Å². The molecule has 1 N–H and O–H groups in total. The molecule has 0 unspecified atom stereocenters. The van der Waals surface area contributed by atoms with E-state index in [0.717, 1.165) is 16.9 Å². The van der Waals surface area contributed by atoms with Crippen LogP contribution in [-0.2, 0) is 17.9 Å². The molecule has 1 aliphatic rings. The number of hydrogen-bond acceptors (Lipinski definition) is 5. The van der Waals surface area contributed by atoms with Gasteiger partial charge in [0.15, 0.2) is 0 Å². The third kappa shape index (κ3) is 4.79. The van der Waals surface area contributed by atoms with Gasteiger partial charge in [-0.25, -0.2) is 9.18 Å². The smallest absolute Gasteiger partial charge is 0.407 e. The summed E-state index contributed by atoms with van der Waals surface area (Å²) in [5.74, 6) is 0.733. The second-order valence-electron chi connectivity index (χ2n) is 6.27. The molecule has 134 valence electrons. The van der Waals surface area contributed by atoms with Gasteiger partial charge in [0.05, 0.1) is 6.20 Å². The molecule has 1 saturated heterocycles. The zero-order valence-electron chi connectivity index (χ0n) is 14.2. The number of ether oxygens (including phenoxy) is 1. The van der Waals surface area contributed by atoms with E-state index in [1.807, 2.05) is 42.2 Å². The minimum Gasteiger partial charge on any atom is -0.445 e. The number of nitrogens with one attached hydrogen (secondary N) is 1. The Morgan fingerprint density at radius 1 is 1.44 bits per heavy atom. The highest BCUT2D eigenvalue weighted by molar-refractivity contribution is 5.67. The van der Waals surface area contributed by atoms with Gasteiger partial charge in [-0.1, -0.05) is 35.5 Å². The summed E-state index contributed by atoms with van der Waals surface area (Å²) < 4.78 is 24.1. The molecule has 0 saturated carbocycles. The Balaban J connectivity index is 1.47. The second kappa shape index (κ2) is 8.11. The zero-order valence-corrected chi connectivity index (χ0v) is 14.2. The van der Waals surface area contributed by atoms with E-state index in [1.54, 1.807) is 6.20 Å². The summed E-state index contributed by atoms with van der Waals surface area (Å²) in [7, 11) is 0. The first-order valence-corrected chi connectivity index (χ1v) is 8.34. The first kappa shape index (κ1) is 17.4. The number of alkyl halides is 1.